The van der Waals surface area contributed by atoms with Crippen LogP contribution in [0.25, 0.3) is 0 Å². The molecule has 1 unspecified atom stereocenters. The largest absolute Gasteiger partial charge is 0.477 e. The van der Waals surface area contributed by atoms with Crippen molar-refractivity contribution >= 4 is 11.7 Å². The number of piperidine rings is 1. The molecule has 5 heteroatoms. The van der Waals surface area contributed by atoms with E-state index < -0.39 is 5.97 Å². The number of aromatic nitrogens is 1. The lowest BCUT2D eigenvalue weighted by molar-refractivity contribution is 0.0690. The van der Waals surface area contributed by atoms with Crippen LogP contribution in [0.2, 0.25) is 0 Å². The van der Waals surface area contributed by atoms with Gasteiger partial charge in [0.15, 0.2) is 0 Å². The SMILES string of the molecule is O=C(O)c1cc(N2CCCCC2CCO)ccn1. The van der Waals surface area contributed by atoms with Crippen LogP contribution in [0.3, 0.4) is 0 Å². The number of pyridine rings is 1. The van der Waals surface area contributed by atoms with Crippen LogP contribution in [-0.2, 0) is 0 Å². The van der Waals surface area contributed by atoms with Crippen molar-refractivity contribution in [2.24, 2.45) is 0 Å². The molecule has 0 radical (unpaired) electrons. The molecule has 0 aliphatic carbocycles. The summed E-state index contributed by atoms with van der Waals surface area (Å²) in [6.45, 7) is 1.08. The molecule has 0 bridgehead atoms. The van der Waals surface area contributed by atoms with Gasteiger partial charge < -0.3 is 15.1 Å². The quantitative estimate of drug-likeness (QED) is 0.847. The summed E-state index contributed by atoms with van der Waals surface area (Å²) in [6.07, 6.45) is 5.57. The van der Waals surface area contributed by atoms with Crippen molar-refractivity contribution in [2.75, 3.05) is 18.1 Å². The summed E-state index contributed by atoms with van der Waals surface area (Å²) in [6, 6.07) is 3.74. The van der Waals surface area contributed by atoms with Crippen molar-refractivity contribution in [1.29, 1.82) is 0 Å². The number of anilines is 1. The third kappa shape index (κ3) is 2.79. The molecule has 2 N–H and O–H groups in total. The number of aliphatic hydroxyl groups is 1. The summed E-state index contributed by atoms with van der Waals surface area (Å²) < 4.78 is 0. The van der Waals surface area contributed by atoms with Gasteiger partial charge in [0.2, 0.25) is 0 Å². The maximum Gasteiger partial charge on any atom is 0.354 e. The zero-order valence-electron chi connectivity index (χ0n) is 10.2. The van der Waals surface area contributed by atoms with Crippen LogP contribution in [0.5, 0.6) is 0 Å². The third-order valence-corrected chi connectivity index (χ3v) is 3.38. The van der Waals surface area contributed by atoms with Crippen LogP contribution in [0.15, 0.2) is 18.3 Å². The molecule has 1 fully saturated rings. The van der Waals surface area contributed by atoms with Gasteiger partial charge in [-0.3, -0.25) is 0 Å². The zero-order valence-corrected chi connectivity index (χ0v) is 10.2. The Labute approximate surface area is 106 Å². The molecule has 0 aromatic carbocycles. The minimum Gasteiger partial charge on any atom is -0.477 e. The third-order valence-electron chi connectivity index (χ3n) is 3.38. The number of carboxylic acid groups (broad SMARTS) is 1. The fraction of sp³-hybridized carbons (Fsp3) is 0.538. The molecular weight excluding hydrogens is 232 g/mol. The van der Waals surface area contributed by atoms with Crippen LogP contribution in [0.1, 0.15) is 36.2 Å². The van der Waals surface area contributed by atoms with Crippen molar-refractivity contribution in [3.8, 4) is 0 Å². The normalized spacial score (nSPS) is 19.8. The number of carbonyl (C=O) groups is 1. The summed E-state index contributed by atoms with van der Waals surface area (Å²) >= 11 is 0. The smallest absolute Gasteiger partial charge is 0.354 e. The number of carboxylic acids is 1. The number of nitrogens with zero attached hydrogens (tertiary/aromatic N) is 2. The second kappa shape index (κ2) is 5.82. The van der Waals surface area contributed by atoms with Crippen LogP contribution in [-0.4, -0.2) is 40.4 Å². The lowest BCUT2D eigenvalue weighted by atomic mass is 9.99. The van der Waals surface area contributed by atoms with E-state index in [9.17, 15) is 4.79 Å². The van der Waals surface area contributed by atoms with Crippen molar-refractivity contribution in [3.63, 3.8) is 0 Å². The molecule has 2 heterocycles. The summed E-state index contributed by atoms with van der Waals surface area (Å²) in [5.74, 6) is -1.01. The van der Waals surface area contributed by atoms with Gasteiger partial charge in [-0.2, -0.15) is 0 Å². The standard InChI is InChI=1S/C13H18N2O3/c16-8-5-10-3-1-2-7-15(10)11-4-6-14-12(9-11)13(17)18/h4,6,9-10,16H,1-3,5,7-8H2,(H,17,18). The van der Waals surface area contributed by atoms with Gasteiger partial charge in [0.05, 0.1) is 0 Å². The van der Waals surface area contributed by atoms with Gasteiger partial charge in [0, 0.05) is 31.1 Å². The van der Waals surface area contributed by atoms with Crippen molar-refractivity contribution in [1.82, 2.24) is 4.98 Å². The molecule has 0 saturated carbocycles. The summed E-state index contributed by atoms with van der Waals surface area (Å²) in [7, 11) is 0. The highest BCUT2D eigenvalue weighted by atomic mass is 16.4. The van der Waals surface area contributed by atoms with Gasteiger partial charge >= 0.3 is 5.97 Å². The van der Waals surface area contributed by atoms with E-state index in [-0.39, 0.29) is 12.3 Å². The first-order chi connectivity index (χ1) is 8.72. The Morgan fingerprint density at radius 3 is 3.06 bits per heavy atom. The number of hydrogen-bond acceptors (Lipinski definition) is 4. The molecule has 98 valence electrons. The lowest BCUT2D eigenvalue weighted by Gasteiger charge is -2.37. The molecule has 1 aromatic heterocycles. The van der Waals surface area contributed by atoms with E-state index in [0.717, 1.165) is 37.9 Å². The van der Waals surface area contributed by atoms with Crippen LogP contribution >= 0.6 is 0 Å². The van der Waals surface area contributed by atoms with Gasteiger partial charge in [-0.1, -0.05) is 0 Å². The van der Waals surface area contributed by atoms with Gasteiger partial charge in [-0.15, -0.1) is 0 Å². The van der Waals surface area contributed by atoms with E-state index in [1.165, 1.54) is 6.20 Å². The van der Waals surface area contributed by atoms with E-state index in [0.29, 0.717) is 6.04 Å². The number of rotatable bonds is 4. The Kier molecular flexibility index (Phi) is 4.15. The fourth-order valence-electron chi connectivity index (χ4n) is 2.50. The van der Waals surface area contributed by atoms with Gasteiger partial charge in [0.25, 0.3) is 0 Å². The predicted molar refractivity (Wildman–Crippen MR) is 67.9 cm³/mol. The second-order valence-corrected chi connectivity index (χ2v) is 4.56. The molecule has 1 atom stereocenters. The minimum atomic E-state index is -1.01. The van der Waals surface area contributed by atoms with E-state index >= 15 is 0 Å². The first-order valence-corrected chi connectivity index (χ1v) is 6.29. The fourth-order valence-corrected chi connectivity index (χ4v) is 2.50. The van der Waals surface area contributed by atoms with E-state index in [1.54, 1.807) is 6.07 Å². The Hall–Kier alpha value is -1.62. The Bertz CT molecular complexity index is 420. The number of hydrogen-bond donors (Lipinski definition) is 2. The maximum atomic E-state index is 10.9. The highest BCUT2D eigenvalue weighted by Gasteiger charge is 2.22. The first kappa shape index (κ1) is 12.8. The van der Waals surface area contributed by atoms with E-state index in [1.807, 2.05) is 6.07 Å². The highest BCUT2D eigenvalue weighted by molar-refractivity contribution is 5.86. The first-order valence-electron chi connectivity index (χ1n) is 6.29. The van der Waals surface area contributed by atoms with Crippen LogP contribution < -0.4 is 4.90 Å². The molecule has 1 aliphatic heterocycles. The van der Waals surface area contributed by atoms with Crippen molar-refractivity contribution < 1.29 is 15.0 Å². The lowest BCUT2D eigenvalue weighted by Crippen LogP contribution is -2.40. The van der Waals surface area contributed by atoms with Crippen LogP contribution in [0, 0.1) is 0 Å². The maximum absolute atomic E-state index is 10.9. The Morgan fingerprint density at radius 2 is 2.33 bits per heavy atom. The molecule has 5 nitrogen and oxygen atoms in total. The molecule has 2 rings (SSSR count). The minimum absolute atomic E-state index is 0.0702. The van der Waals surface area contributed by atoms with E-state index in [2.05, 4.69) is 9.88 Å². The van der Waals surface area contributed by atoms with Gasteiger partial charge in [0.1, 0.15) is 5.69 Å². The van der Waals surface area contributed by atoms with Gasteiger partial charge in [-0.25, -0.2) is 9.78 Å². The average molecular weight is 250 g/mol. The zero-order chi connectivity index (χ0) is 13.0. The summed E-state index contributed by atoms with van der Waals surface area (Å²) in [4.78, 5) is 16.9. The predicted octanol–water partition coefficient (Wildman–Crippen LogP) is 1.52. The monoisotopic (exact) mass is 250 g/mol. The molecule has 18 heavy (non-hydrogen) atoms. The molecule has 0 spiro atoms. The summed E-state index contributed by atoms with van der Waals surface area (Å²) in [5.41, 5.74) is 0.960. The van der Waals surface area contributed by atoms with Crippen molar-refractivity contribution in [3.05, 3.63) is 24.0 Å². The molecular formula is C13H18N2O3. The molecule has 1 saturated heterocycles. The number of aromatic carboxylic acids is 1. The molecule has 1 aromatic rings. The van der Waals surface area contributed by atoms with E-state index in [4.69, 9.17) is 10.2 Å². The summed E-state index contributed by atoms with van der Waals surface area (Å²) in [5, 5.41) is 18.0. The molecule has 1 aliphatic rings. The topological polar surface area (TPSA) is 73.7 Å². The molecule has 0 amide bonds. The second-order valence-electron chi connectivity index (χ2n) is 4.56. The van der Waals surface area contributed by atoms with Gasteiger partial charge in [-0.05, 0) is 37.8 Å². The number of aliphatic hydroxyl groups excluding tert-OH is 1. The Morgan fingerprint density at radius 1 is 1.50 bits per heavy atom. The Balaban J connectivity index is 2.22. The van der Waals surface area contributed by atoms with Crippen LogP contribution in [0.4, 0.5) is 5.69 Å². The van der Waals surface area contributed by atoms with Crippen molar-refractivity contribution in [2.45, 2.75) is 31.7 Å². The highest BCUT2D eigenvalue weighted by Crippen LogP contribution is 2.26. The average Bonchev–Trinajstić information content (AvgIpc) is 2.40.